The van der Waals surface area contributed by atoms with Gasteiger partial charge in [0.1, 0.15) is 0 Å². The smallest absolute Gasteiger partial charge is 0.229 e. The SMILES string of the molecule is Cc1cc2[nH]nc(/C=C/c3cccc(CN(C)CCN(C)C(C)C)c3)c2cc1NC(=O)Cc1cccs1. The molecule has 2 aromatic carbocycles. The highest BCUT2D eigenvalue weighted by Crippen LogP contribution is 2.26. The van der Waals surface area contributed by atoms with E-state index in [1.165, 1.54) is 5.56 Å². The number of amides is 1. The van der Waals surface area contributed by atoms with Gasteiger partial charge in [-0.2, -0.15) is 5.10 Å². The molecule has 7 heteroatoms. The minimum absolute atomic E-state index is 0.0110. The number of nitrogens with one attached hydrogen (secondary N) is 2. The highest BCUT2D eigenvalue weighted by Gasteiger charge is 2.11. The Bertz CT molecular complexity index is 1360. The van der Waals surface area contributed by atoms with Gasteiger partial charge in [-0.05, 0) is 81.2 Å². The molecule has 0 bridgehead atoms. The number of anilines is 1. The molecule has 0 atom stereocenters. The number of likely N-dealkylation sites (N-methyl/N-ethyl adjacent to an activating group) is 2. The van der Waals surface area contributed by atoms with Crippen molar-refractivity contribution in [1.82, 2.24) is 20.0 Å². The van der Waals surface area contributed by atoms with E-state index in [0.29, 0.717) is 12.5 Å². The maximum atomic E-state index is 12.6. The summed E-state index contributed by atoms with van der Waals surface area (Å²) in [6.07, 6.45) is 4.51. The summed E-state index contributed by atoms with van der Waals surface area (Å²) in [5, 5.41) is 13.7. The Morgan fingerprint density at radius 1 is 1.11 bits per heavy atom. The van der Waals surface area contributed by atoms with Crippen LogP contribution >= 0.6 is 11.3 Å². The summed E-state index contributed by atoms with van der Waals surface area (Å²) in [4.78, 5) is 18.3. The average molecular weight is 516 g/mol. The number of rotatable bonds is 11. The lowest BCUT2D eigenvalue weighted by Gasteiger charge is -2.24. The van der Waals surface area contributed by atoms with Crippen LogP contribution in [0.15, 0.2) is 53.9 Å². The lowest BCUT2D eigenvalue weighted by molar-refractivity contribution is -0.115. The summed E-state index contributed by atoms with van der Waals surface area (Å²) in [6, 6.07) is 17.2. The molecule has 0 aliphatic rings. The fourth-order valence-electron chi connectivity index (χ4n) is 4.17. The second kappa shape index (κ2) is 12.3. The van der Waals surface area contributed by atoms with Gasteiger partial charge in [-0.1, -0.05) is 36.4 Å². The number of carbonyl (C=O) groups is 1. The zero-order chi connectivity index (χ0) is 26.4. The molecule has 0 unspecified atom stereocenters. The standard InChI is InChI=1S/C30H37N5OS/c1-21(2)35(5)14-13-34(4)20-24-9-6-8-23(17-24)11-12-27-26-19-28(22(3)16-29(26)33-32-27)31-30(36)18-25-10-7-15-37-25/h6-12,15-17,19,21H,13-14,18,20H2,1-5H3,(H,31,36)(H,32,33)/b12-11+. The average Bonchev–Trinajstić information content (AvgIpc) is 3.51. The third-order valence-electron chi connectivity index (χ3n) is 6.68. The number of nitrogens with zero attached hydrogens (tertiary/aromatic N) is 3. The molecule has 37 heavy (non-hydrogen) atoms. The summed E-state index contributed by atoms with van der Waals surface area (Å²) < 4.78 is 0. The van der Waals surface area contributed by atoms with Crippen LogP contribution in [0, 0.1) is 6.92 Å². The Morgan fingerprint density at radius 2 is 1.95 bits per heavy atom. The molecule has 1 amide bonds. The fourth-order valence-corrected chi connectivity index (χ4v) is 4.87. The lowest BCUT2D eigenvalue weighted by Crippen LogP contribution is -2.34. The first-order chi connectivity index (χ1) is 17.8. The van der Waals surface area contributed by atoms with Gasteiger partial charge >= 0.3 is 0 Å². The molecule has 0 aliphatic heterocycles. The molecule has 0 fully saturated rings. The van der Waals surface area contributed by atoms with Crippen molar-refractivity contribution in [2.75, 3.05) is 32.5 Å². The normalized spacial score (nSPS) is 12.0. The molecule has 2 N–H and O–H groups in total. The van der Waals surface area contributed by atoms with Crippen LogP contribution in [0.3, 0.4) is 0 Å². The van der Waals surface area contributed by atoms with Crippen molar-refractivity contribution in [2.45, 2.75) is 39.8 Å². The second-order valence-electron chi connectivity index (χ2n) is 10.0. The lowest BCUT2D eigenvalue weighted by atomic mass is 10.1. The first-order valence-electron chi connectivity index (χ1n) is 12.7. The molecular formula is C30H37N5OS. The largest absolute Gasteiger partial charge is 0.326 e. The van der Waals surface area contributed by atoms with Crippen molar-refractivity contribution in [3.05, 3.63) is 81.2 Å². The fraction of sp³-hybridized carbons (Fsp3) is 0.333. The Balaban J connectivity index is 1.44. The number of hydrogen-bond acceptors (Lipinski definition) is 5. The number of aromatic nitrogens is 2. The number of fused-ring (bicyclic) bond motifs is 1. The Kier molecular flexibility index (Phi) is 8.92. The first-order valence-corrected chi connectivity index (χ1v) is 13.6. The van der Waals surface area contributed by atoms with E-state index in [-0.39, 0.29) is 5.91 Å². The molecule has 194 valence electrons. The van der Waals surface area contributed by atoms with Crippen LogP contribution in [-0.2, 0) is 17.8 Å². The molecule has 0 saturated carbocycles. The van der Waals surface area contributed by atoms with Crippen LogP contribution in [0.5, 0.6) is 0 Å². The van der Waals surface area contributed by atoms with Gasteiger partial charge in [0.05, 0.1) is 17.6 Å². The highest BCUT2D eigenvalue weighted by atomic mass is 32.1. The highest BCUT2D eigenvalue weighted by molar-refractivity contribution is 7.10. The molecular weight excluding hydrogens is 478 g/mol. The van der Waals surface area contributed by atoms with Crippen LogP contribution in [-0.4, -0.2) is 59.1 Å². The monoisotopic (exact) mass is 515 g/mol. The van der Waals surface area contributed by atoms with E-state index < -0.39 is 0 Å². The van der Waals surface area contributed by atoms with E-state index in [4.69, 9.17) is 0 Å². The predicted molar refractivity (Wildman–Crippen MR) is 157 cm³/mol. The van der Waals surface area contributed by atoms with Crippen molar-refractivity contribution in [3.63, 3.8) is 0 Å². The zero-order valence-corrected chi connectivity index (χ0v) is 23.2. The van der Waals surface area contributed by atoms with Crippen molar-refractivity contribution in [3.8, 4) is 0 Å². The van der Waals surface area contributed by atoms with E-state index in [0.717, 1.165) is 57.9 Å². The molecule has 2 aromatic heterocycles. The van der Waals surface area contributed by atoms with Crippen LogP contribution in [0.25, 0.3) is 23.1 Å². The first kappa shape index (κ1) is 26.8. The molecule has 0 aliphatic carbocycles. The molecule has 2 heterocycles. The van der Waals surface area contributed by atoms with Gasteiger partial charge in [0.15, 0.2) is 0 Å². The maximum Gasteiger partial charge on any atom is 0.229 e. The third kappa shape index (κ3) is 7.38. The number of hydrogen-bond donors (Lipinski definition) is 2. The van der Waals surface area contributed by atoms with E-state index in [9.17, 15) is 4.79 Å². The second-order valence-corrected chi connectivity index (χ2v) is 11.0. The van der Waals surface area contributed by atoms with Gasteiger partial charge in [-0.25, -0.2) is 0 Å². The van der Waals surface area contributed by atoms with Crippen LogP contribution in [0.1, 0.15) is 41.1 Å². The van der Waals surface area contributed by atoms with Crippen LogP contribution in [0.4, 0.5) is 5.69 Å². The number of benzene rings is 2. The van der Waals surface area contributed by atoms with Gasteiger partial charge in [0, 0.05) is 41.6 Å². The Labute approximate surface area is 224 Å². The number of aromatic amines is 1. The van der Waals surface area contributed by atoms with Crippen LogP contribution < -0.4 is 5.32 Å². The molecule has 0 radical (unpaired) electrons. The predicted octanol–water partition coefficient (Wildman–Crippen LogP) is 6.06. The summed E-state index contributed by atoms with van der Waals surface area (Å²) >= 11 is 1.60. The molecule has 4 aromatic rings. The van der Waals surface area contributed by atoms with Crippen LogP contribution in [0.2, 0.25) is 0 Å². The summed E-state index contributed by atoms with van der Waals surface area (Å²) in [6.45, 7) is 9.44. The Hall–Kier alpha value is -3.26. The molecule has 6 nitrogen and oxygen atoms in total. The van der Waals surface area contributed by atoms with E-state index in [2.05, 4.69) is 83.6 Å². The minimum Gasteiger partial charge on any atom is -0.326 e. The number of carbonyl (C=O) groups excluding carboxylic acids is 1. The van der Waals surface area contributed by atoms with E-state index in [1.54, 1.807) is 11.3 Å². The number of thiophene rings is 1. The summed E-state index contributed by atoms with van der Waals surface area (Å²) in [5.74, 6) is -0.0110. The third-order valence-corrected chi connectivity index (χ3v) is 7.56. The Morgan fingerprint density at radius 3 is 2.70 bits per heavy atom. The van der Waals surface area contributed by atoms with Gasteiger partial charge in [0.25, 0.3) is 0 Å². The van der Waals surface area contributed by atoms with Crippen molar-refractivity contribution < 1.29 is 4.79 Å². The minimum atomic E-state index is -0.0110. The molecule has 0 saturated heterocycles. The number of aryl methyl sites for hydroxylation is 1. The topological polar surface area (TPSA) is 64.3 Å². The van der Waals surface area contributed by atoms with Crippen molar-refractivity contribution in [1.29, 1.82) is 0 Å². The van der Waals surface area contributed by atoms with Crippen molar-refractivity contribution in [2.24, 2.45) is 0 Å². The van der Waals surface area contributed by atoms with Gasteiger partial charge in [-0.3, -0.25) is 9.89 Å². The summed E-state index contributed by atoms with van der Waals surface area (Å²) in [7, 11) is 4.34. The van der Waals surface area contributed by atoms with E-state index >= 15 is 0 Å². The van der Waals surface area contributed by atoms with Gasteiger partial charge in [0.2, 0.25) is 5.91 Å². The molecule has 0 spiro atoms. The van der Waals surface area contributed by atoms with Gasteiger partial charge < -0.3 is 15.1 Å². The maximum absolute atomic E-state index is 12.6. The number of H-pyrrole nitrogens is 1. The zero-order valence-electron chi connectivity index (χ0n) is 22.4. The van der Waals surface area contributed by atoms with Crippen molar-refractivity contribution >= 4 is 46.0 Å². The summed E-state index contributed by atoms with van der Waals surface area (Å²) in [5.41, 5.74) is 6.05. The quantitative estimate of drug-likeness (QED) is 0.255. The van der Waals surface area contributed by atoms with E-state index in [1.807, 2.05) is 42.6 Å². The molecule has 4 rings (SSSR count). The van der Waals surface area contributed by atoms with Gasteiger partial charge in [-0.15, -0.1) is 11.3 Å².